The molecule has 0 saturated heterocycles. The van der Waals surface area contributed by atoms with E-state index in [0.29, 0.717) is 0 Å². The van der Waals surface area contributed by atoms with Crippen LogP contribution in [0.3, 0.4) is 0 Å². The zero-order chi connectivity index (χ0) is 15.7. The summed E-state index contributed by atoms with van der Waals surface area (Å²) in [5.74, 6) is 0. The van der Waals surface area contributed by atoms with Gasteiger partial charge in [0.15, 0.2) is 0 Å². The van der Waals surface area contributed by atoms with E-state index in [1.54, 1.807) is 0 Å². The van der Waals surface area contributed by atoms with Crippen molar-refractivity contribution in [2.75, 3.05) is 0 Å². The average molecular weight is 288 g/mol. The molecule has 0 aromatic heterocycles. The lowest BCUT2D eigenvalue weighted by Crippen LogP contribution is -2.23. The van der Waals surface area contributed by atoms with Gasteiger partial charge in [-0.3, -0.25) is 0 Å². The van der Waals surface area contributed by atoms with Gasteiger partial charge in [-0.25, -0.2) is 0 Å². The van der Waals surface area contributed by atoms with Crippen LogP contribution in [0, 0.1) is 6.92 Å². The van der Waals surface area contributed by atoms with E-state index in [2.05, 4.69) is 82.0 Å². The first-order chi connectivity index (χ1) is 10.5. The minimum Gasteiger partial charge on any atom is -0.0952 e. The van der Waals surface area contributed by atoms with Crippen molar-refractivity contribution in [2.24, 2.45) is 0 Å². The first-order valence-corrected chi connectivity index (χ1v) is 8.03. The molecule has 22 heavy (non-hydrogen) atoms. The number of fused-ring (bicyclic) bond motifs is 1. The molecule has 3 rings (SSSR count). The fraction of sp³-hybridized carbons (Fsp3) is 0.273. The molecule has 0 heterocycles. The molecule has 2 aromatic carbocycles. The van der Waals surface area contributed by atoms with Gasteiger partial charge >= 0.3 is 0 Å². The number of benzene rings is 2. The van der Waals surface area contributed by atoms with Crippen molar-refractivity contribution in [2.45, 2.75) is 39.0 Å². The largest absolute Gasteiger partial charge is 0.0952 e. The van der Waals surface area contributed by atoms with Gasteiger partial charge in [-0.1, -0.05) is 74.5 Å². The Morgan fingerprint density at radius 1 is 0.955 bits per heavy atom. The molecule has 1 aliphatic rings. The second kappa shape index (κ2) is 5.61. The van der Waals surface area contributed by atoms with Crippen LogP contribution in [-0.4, -0.2) is 0 Å². The zero-order valence-electron chi connectivity index (χ0n) is 13.8. The molecule has 0 unspecified atom stereocenters. The van der Waals surface area contributed by atoms with Crippen molar-refractivity contribution >= 4 is 17.7 Å². The lowest BCUT2D eigenvalue weighted by atomic mass is 9.71. The van der Waals surface area contributed by atoms with Gasteiger partial charge in [-0.15, -0.1) is 0 Å². The van der Waals surface area contributed by atoms with Gasteiger partial charge in [0, 0.05) is 0 Å². The Kier molecular flexibility index (Phi) is 3.78. The molecule has 0 amide bonds. The number of hydrogen-bond donors (Lipinski definition) is 0. The summed E-state index contributed by atoms with van der Waals surface area (Å²) in [6.45, 7) is 11.0. The first-order valence-electron chi connectivity index (χ1n) is 8.03. The highest BCUT2D eigenvalue weighted by molar-refractivity contribution is 5.76. The molecule has 0 spiro atoms. The summed E-state index contributed by atoms with van der Waals surface area (Å²) in [7, 11) is 0. The van der Waals surface area contributed by atoms with Crippen molar-refractivity contribution in [3.8, 4) is 0 Å². The standard InChI is InChI=1S/C22H24/c1-16-5-7-18(8-6-16)9-10-19-11-12-21-20(15-19)17(2)13-14-22(21,3)4/h5-12,15H,2,13-14H2,1,3-4H3/b10-9+. The number of aryl methyl sites for hydroxylation is 1. The monoisotopic (exact) mass is 288 g/mol. The highest BCUT2D eigenvalue weighted by atomic mass is 14.3. The summed E-state index contributed by atoms with van der Waals surface area (Å²) in [5, 5.41) is 0. The third-order valence-corrected chi connectivity index (χ3v) is 4.75. The van der Waals surface area contributed by atoms with Crippen molar-refractivity contribution < 1.29 is 0 Å². The second-order valence-electron chi connectivity index (χ2n) is 7.04. The Bertz CT molecular complexity index is 727. The van der Waals surface area contributed by atoms with Crippen LogP contribution in [0.4, 0.5) is 0 Å². The maximum absolute atomic E-state index is 4.27. The molecule has 0 saturated carbocycles. The van der Waals surface area contributed by atoms with Crippen molar-refractivity contribution in [3.63, 3.8) is 0 Å². The van der Waals surface area contributed by atoms with Crippen LogP contribution in [-0.2, 0) is 5.41 Å². The number of allylic oxidation sites excluding steroid dienone is 1. The molecular weight excluding hydrogens is 264 g/mol. The summed E-state index contributed by atoms with van der Waals surface area (Å²) in [6.07, 6.45) is 6.67. The summed E-state index contributed by atoms with van der Waals surface area (Å²) in [4.78, 5) is 0. The van der Waals surface area contributed by atoms with E-state index in [4.69, 9.17) is 0 Å². The topological polar surface area (TPSA) is 0 Å². The molecule has 112 valence electrons. The third-order valence-electron chi connectivity index (χ3n) is 4.75. The highest BCUT2D eigenvalue weighted by Crippen LogP contribution is 2.41. The summed E-state index contributed by atoms with van der Waals surface area (Å²) in [5.41, 5.74) is 8.11. The predicted octanol–water partition coefficient (Wildman–Crippen LogP) is 6.25. The van der Waals surface area contributed by atoms with Crippen molar-refractivity contribution in [3.05, 3.63) is 76.9 Å². The average Bonchev–Trinajstić information content (AvgIpc) is 2.51. The van der Waals surface area contributed by atoms with Gasteiger partial charge in [-0.2, -0.15) is 0 Å². The van der Waals surface area contributed by atoms with E-state index in [1.165, 1.54) is 39.8 Å². The molecule has 0 fully saturated rings. The summed E-state index contributed by atoms with van der Waals surface area (Å²) in [6, 6.07) is 15.4. The Morgan fingerprint density at radius 3 is 2.32 bits per heavy atom. The van der Waals surface area contributed by atoms with Crippen LogP contribution in [0.5, 0.6) is 0 Å². The van der Waals surface area contributed by atoms with E-state index >= 15 is 0 Å². The molecule has 0 radical (unpaired) electrons. The molecule has 0 N–H and O–H groups in total. The molecule has 2 aromatic rings. The van der Waals surface area contributed by atoms with Gasteiger partial charge in [0.05, 0.1) is 0 Å². The van der Waals surface area contributed by atoms with E-state index in [-0.39, 0.29) is 5.41 Å². The lowest BCUT2D eigenvalue weighted by molar-refractivity contribution is 0.475. The van der Waals surface area contributed by atoms with Crippen molar-refractivity contribution in [1.82, 2.24) is 0 Å². The minimum absolute atomic E-state index is 0.260. The fourth-order valence-electron chi connectivity index (χ4n) is 3.15. The Hall–Kier alpha value is -2.08. The van der Waals surface area contributed by atoms with Gasteiger partial charge in [-0.05, 0) is 59.1 Å². The quantitative estimate of drug-likeness (QED) is 0.573. The number of hydrogen-bond acceptors (Lipinski definition) is 0. The van der Waals surface area contributed by atoms with E-state index in [0.717, 1.165) is 6.42 Å². The SMILES string of the molecule is C=C1CCC(C)(C)c2ccc(/C=C/c3ccc(C)cc3)cc21. The Morgan fingerprint density at radius 2 is 1.59 bits per heavy atom. The number of rotatable bonds is 2. The Labute approximate surface area is 134 Å². The summed E-state index contributed by atoms with van der Waals surface area (Å²) < 4.78 is 0. The van der Waals surface area contributed by atoms with E-state index in [1.807, 2.05) is 0 Å². The molecule has 1 aliphatic carbocycles. The Balaban J connectivity index is 1.92. The molecular formula is C22H24. The van der Waals surface area contributed by atoms with Gasteiger partial charge in [0.1, 0.15) is 0 Å². The van der Waals surface area contributed by atoms with Crippen LogP contribution >= 0.6 is 0 Å². The maximum Gasteiger partial charge on any atom is -0.00944 e. The van der Waals surface area contributed by atoms with Gasteiger partial charge < -0.3 is 0 Å². The van der Waals surface area contributed by atoms with Crippen LogP contribution in [0.1, 0.15) is 54.5 Å². The van der Waals surface area contributed by atoms with E-state index < -0.39 is 0 Å². The van der Waals surface area contributed by atoms with Crippen LogP contribution in [0.2, 0.25) is 0 Å². The molecule has 0 aliphatic heterocycles. The second-order valence-corrected chi connectivity index (χ2v) is 7.04. The van der Waals surface area contributed by atoms with Crippen LogP contribution in [0.15, 0.2) is 49.0 Å². The fourth-order valence-corrected chi connectivity index (χ4v) is 3.15. The highest BCUT2D eigenvalue weighted by Gasteiger charge is 2.28. The van der Waals surface area contributed by atoms with Gasteiger partial charge in [0.2, 0.25) is 0 Å². The zero-order valence-corrected chi connectivity index (χ0v) is 13.8. The maximum atomic E-state index is 4.27. The normalized spacial score (nSPS) is 16.8. The molecule has 0 heteroatoms. The van der Waals surface area contributed by atoms with Crippen LogP contribution < -0.4 is 0 Å². The summed E-state index contributed by atoms with van der Waals surface area (Å²) >= 11 is 0. The molecule has 0 atom stereocenters. The smallest absolute Gasteiger partial charge is 0.00944 e. The molecule has 0 bridgehead atoms. The first kappa shape index (κ1) is 14.8. The van der Waals surface area contributed by atoms with Crippen LogP contribution in [0.25, 0.3) is 17.7 Å². The van der Waals surface area contributed by atoms with Crippen molar-refractivity contribution in [1.29, 1.82) is 0 Å². The third kappa shape index (κ3) is 2.92. The lowest BCUT2D eigenvalue weighted by Gasteiger charge is -2.33. The predicted molar refractivity (Wildman–Crippen MR) is 97.8 cm³/mol. The minimum atomic E-state index is 0.260. The molecule has 0 nitrogen and oxygen atoms in total. The van der Waals surface area contributed by atoms with E-state index in [9.17, 15) is 0 Å². The van der Waals surface area contributed by atoms with Gasteiger partial charge in [0.25, 0.3) is 0 Å².